The highest BCUT2D eigenvalue weighted by Gasteiger charge is 2.25. The van der Waals surface area contributed by atoms with E-state index in [1.54, 1.807) is 0 Å². The molecule has 0 saturated heterocycles. The molecule has 74 valence electrons. The van der Waals surface area contributed by atoms with Crippen LogP contribution in [-0.4, -0.2) is 12.3 Å². The monoisotopic (exact) mass is 173 g/mol. The van der Waals surface area contributed by atoms with E-state index < -0.39 is 0 Å². The zero-order valence-electron chi connectivity index (χ0n) is 8.73. The second-order valence-electron chi connectivity index (χ2n) is 3.30. The number of hydrogen-bond donors (Lipinski definition) is 1. The highest BCUT2D eigenvalue weighted by atomic mass is 16.5. The van der Waals surface area contributed by atoms with Gasteiger partial charge in [-0.1, -0.05) is 33.6 Å². The molecule has 0 bridgehead atoms. The molecule has 2 heteroatoms. The number of unbranched alkanes of at least 4 members (excludes halogenated alkanes) is 1. The van der Waals surface area contributed by atoms with Crippen molar-refractivity contribution in [1.82, 2.24) is 0 Å². The molecular formula is C10H23NO. The van der Waals surface area contributed by atoms with Crippen LogP contribution in [0.2, 0.25) is 0 Å². The summed E-state index contributed by atoms with van der Waals surface area (Å²) >= 11 is 0. The van der Waals surface area contributed by atoms with E-state index in [4.69, 9.17) is 10.5 Å². The smallest absolute Gasteiger partial charge is 0.0947 e. The molecule has 0 aliphatic rings. The van der Waals surface area contributed by atoms with E-state index >= 15 is 0 Å². The van der Waals surface area contributed by atoms with Gasteiger partial charge in [0.2, 0.25) is 0 Å². The summed E-state index contributed by atoms with van der Waals surface area (Å²) in [6, 6.07) is 0. The van der Waals surface area contributed by atoms with Crippen molar-refractivity contribution in [2.75, 3.05) is 6.73 Å². The molecule has 0 atom stereocenters. The van der Waals surface area contributed by atoms with Gasteiger partial charge in [0.15, 0.2) is 0 Å². The van der Waals surface area contributed by atoms with Crippen LogP contribution in [0.1, 0.15) is 52.9 Å². The van der Waals surface area contributed by atoms with Crippen LogP contribution in [-0.2, 0) is 4.74 Å². The molecule has 0 amide bonds. The van der Waals surface area contributed by atoms with E-state index in [1.807, 2.05) is 0 Å². The lowest BCUT2D eigenvalue weighted by Gasteiger charge is -2.31. The third kappa shape index (κ3) is 3.55. The lowest BCUT2D eigenvalue weighted by atomic mass is 9.91. The van der Waals surface area contributed by atoms with Crippen molar-refractivity contribution in [2.24, 2.45) is 5.73 Å². The highest BCUT2D eigenvalue weighted by molar-refractivity contribution is 4.76. The Balaban J connectivity index is 3.95. The standard InChI is InChI=1S/C10H23NO/c1-4-7-8-10(5-2,6-3)12-9-11/h4-9,11H2,1-3H3. The van der Waals surface area contributed by atoms with Gasteiger partial charge in [0.25, 0.3) is 0 Å². The molecule has 0 aromatic carbocycles. The van der Waals surface area contributed by atoms with Crippen LogP contribution in [0.4, 0.5) is 0 Å². The van der Waals surface area contributed by atoms with Gasteiger partial charge in [-0.3, -0.25) is 0 Å². The summed E-state index contributed by atoms with van der Waals surface area (Å²) in [6.45, 7) is 6.91. The first-order valence-electron chi connectivity index (χ1n) is 5.08. The average Bonchev–Trinajstić information content (AvgIpc) is 2.13. The molecule has 0 saturated carbocycles. The number of nitrogens with two attached hydrogens (primary N) is 1. The predicted molar refractivity (Wildman–Crippen MR) is 53.0 cm³/mol. The van der Waals surface area contributed by atoms with Crippen molar-refractivity contribution in [3.8, 4) is 0 Å². The first kappa shape index (κ1) is 11.9. The molecule has 12 heavy (non-hydrogen) atoms. The van der Waals surface area contributed by atoms with E-state index in [1.165, 1.54) is 12.8 Å². The Morgan fingerprint density at radius 3 is 2.08 bits per heavy atom. The molecule has 0 aromatic rings. The van der Waals surface area contributed by atoms with Gasteiger partial charge < -0.3 is 10.5 Å². The van der Waals surface area contributed by atoms with Crippen LogP contribution < -0.4 is 5.73 Å². The van der Waals surface area contributed by atoms with Crippen LogP contribution in [0.25, 0.3) is 0 Å². The molecule has 0 rings (SSSR count). The Labute approximate surface area is 76.5 Å². The Bertz CT molecular complexity index is 100. The molecule has 0 radical (unpaired) electrons. The van der Waals surface area contributed by atoms with E-state index in [2.05, 4.69) is 20.8 Å². The molecule has 0 aliphatic carbocycles. The summed E-state index contributed by atoms with van der Waals surface area (Å²) in [5.41, 5.74) is 5.48. The van der Waals surface area contributed by atoms with Crippen molar-refractivity contribution in [3.63, 3.8) is 0 Å². The lowest BCUT2D eigenvalue weighted by Crippen LogP contribution is -2.33. The SMILES string of the molecule is CCCCC(CC)(CC)OCN. The number of rotatable bonds is 7. The minimum atomic E-state index is 0.0603. The van der Waals surface area contributed by atoms with Crippen molar-refractivity contribution < 1.29 is 4.74 Å². The van der Waals surface area contributed by atoms with Crippen LogP contribution in [0.5, 0.6) is 0 Å². The third-order valence-corrected chi connectivity index (χ3v) is 2.66. The first-order valence-corrected chi connectivity index (χ1v) is 5.08. The fraction of sp³-hybridized carbons (Fsp3) is 1.00. The fourth-order valence-corrected chi connectivity index (χ4v) is 1.56. The minimum absolute atomic E-state index is 0.0603. The van der Waals surface area contributed by atoms with Crippen LogP contribution in [0.3, 0.4) is 0 Å². The molecule has 2 N–H and O–H groups in total. The largest absolute Gasteiger partial charge is 0.360 e. The molecule has 0 unspecified atom stereocenters. The summed E-state index contributed by atoms with van der Waals surface area (Å²) in [4.78, 5) is 0. The molecule has 0 aliphatic heterocycles. The van der Waals surface area contributed by atoms with Gasteiger partial charge in [-0.25, -0.2) is 0 Å². The zero-order valence-corrected chi connectivity index (χ0v) is 8.73. The maximum atomic E-state index is 5.61. The Morgan fingerprint density at radius 1 is 1.17 bits per heavy atom. The zero-order chi connectivity index (χ0) is 9.45. The molecule has 0 spiro atoms. The van der Waals surface area contributed by atoms with E-state index in [0.717, 1.165) is 19.3 Å². The Hall–Kier alpha value is -0.0800. The van der Waals surface area contributed by atoms with Gasteiger partial charge in [-0.15, -0.1) is 0 Å². The summed E-state index contributed by atoms with van der Waals surface area (Å²) in [5, 5.41) is 0. The van der Waals surface area contributed by atoms with Crippen molar-refractivity contribution in [2.45, 2.75) is 58.5 Å². The van der Waals surface area contributed by atoms with Gasteiger partial charge in [0.1, 0.15) is 0 Å². The summed E-state index contributed by atoms with van der Waals surface area (Å²) < 4.78 is 5.61. The maximum Gasteiger partial charge on any atom is 0.0947 e. The van der Waals surface area contributed by atoms with Gasteiger partial charge >= 0.3 is 0 Å². The molecule has 0 heterocycles. The first-order chi connectivity index (χ1) is 5.74. The Morgan fingerprint density at radius 2 is 1.75 bits per heavy atom. The topological polar surface area (TPSA) is 35.2 Å². The number of hydrogen-bond acceptors (Lipinski definition) is 2. The highest BCUT2D eigenvalue weighted by Crippen LogP contribution is 2.26. The molecule has 2 nitrogen and oxygen atoms in total. The summed E-state index contributed by atoms with van der Waals surface area (Å²) in [6.07, 6.45) is 5.76. The lowest BCUT2D eigenvalue weighted by molar-refractivity contribution is -0.0557. The molecular weight excluding hydrogens is 150 g/mol. The predicted octanol–water partition coefficient (Wildman–Crippen LogP) is 2.67. The van der Waals surface area contributed by atoms with Gasteiger partial charge in [0, 0.05) is 0 Å². The summed E-state index contributed by atoms with van der Waals surface area (Å²) in [5.74, 6) is 0. The average molecular weight is 173 g/mol. The van der Waals surface area contributed by atoms with Gasteiger partial charge in [0.05, 0.1) is 12.3 Å². The van der Waals surface area contributed by atoms with Crippen molar-refractivity contribution in [1.29, 1.82) is 0 Å². The van der Waals surface area contributed by atoms with Crippen LogP contribution in [0.15, 0.2) is 0 Å². The second-order valence-corrected chi connectivity index (χ2v) is 3.30. The molecule has 0 fully saturated rings. The Kier molecular flexibility index (Phi) is 6.39. The summed E-state index contributed by atoms with van der Waals surface area (Å²) in [7, 11) is 0. The van der Waals surface area contributed by atoms with Crippen molar-refractivity contribution >= 4 is 0 Å². The molecule has 0 aromatic heterocycles. The van der Waals surface area contributed by atoms with E-state index in [0.29, 0.717) is 6.73 Å². The third-order valence-electron chi connectivity index (χ3n) is 2.66. The fourth-order valence-electron chi connectivity index (χ4n) is 1.56. The maximum absolute atomic E-state index is 5.61. The number of ether oxygens (including phenoxy) is 1. The minimum Gasteiger partial charge on any atom is -0.360 e. The normalized spacial score (nSPS) is 12.0. The van der Waals surface area contributed by atoms with Gasteiger partial charge in [-0.2, -0.15) is 0 Å². The van der Waals surface area contributed by atoms with Crippen LogP contribution >= 0.6 is 0 Å². The quantitative estimate of drug-likeness (QED) is 0.601. The van der Waals surface area contributed by atoms with Crippen molar-refractivity contribution in [3.05, 3.63) is 0 Å². The van der Waals surface area contributed by atoms with E-state index in [-0.39, 0.29) is 5.60 Å². The van der Waals surface area contributed by atoms with Gasteiger partial charge in [-0.05, 0) is 19.3 Å². The van der Waals surface area contributed by atoms with Crippen LogP contribution in [0, 0.1) is 0 Å². The second kappa shape index (κ2) is 6.44. The van der Waals surface area contributed by atoms with E-state index in [9.17, 15) is 0 Å².